The SMILES string of the molecule is O=C(O)NC1CC[C@@H]2[C@H](C1)CC1(OCCO1)[C@H]2CO. The molecule has 1 unspecified atom stereocenters. The smallest absolute Gasteiger partial charge is 0.404 e. The van der Waals surface area contributed by atoms with E-state index in [1.54, 1.807) is 0 Å². The lowest BCUT2D eigenvalue weighted by Crippen LogP contribution is -2.41. The first-order chi connectivity index (χ1) is 9.14. The maximum absolute atomic E-state index is 10.7. The number of aliphatic hydroxyl groups excluding tert-OH is 1. The molecule has 0 aromatic rings. The van der Waals surface area contributed by atoms with Gasteiger partial charge in [-0.2, -0.15) is 0 Å². The van der Waals surface area contributed by atoms with Crippen molar-refractivity contribution in [3.05, 3.63) is 0 Å². The molecule has 3 N–H and O–H groups in total. The summed E-state index contributed by atoms with van der Waals surface area (Å²) in [5.41, 5.74) is 0. The van der Waals surface area contributed by atoms with Gasteiger partial charge in [0.25, 0.3) is 0 Å². The van der Waals surface area contributed by atoms with Crippen LogP contribution in [0.2, 0.25) is 0 Å². The van der Waals surface area contributed by atoms with Crippen molar-refractivity contribution in [2.45, 2.75) is 37.5 Å². The molecular formula is C13H21NO5. The minimum absolute atomic E-state index is 0.0228. The minimum atomic E-state index is -0.955. The summed E-state index contributed by atoms with van der Waals surface area (Å²) in [4.78, 5) is 10.7. The fourth-order valence-electron chi connectivity index (χ4n) is 4.28. The van der Waals surface area contributed by atoms with E-state index in [2.05, 4.69) is 5.32 Å². The molecule has 2 aliphatic carbocycles. The van der Waals surface area contributed by atoms with Gasteiger partial charge < -0.3 is 25.0 Å². The van der Waals surface area contributed by atoms with Crippen molar-refractivity contribution in [2.75, 3.05) is 19.8 Å². The molecule has 3 fully saturated rings. The second-order valence-corrected chi connectivity index (χ2v) is 5.89. The lowest BCUT2D eigenvalue weighted by molar-refractivity contribution is -0.194. The minimum Gasteiger partial charge on any atom is -0.465 e. The largest absolute Gasteiger partial charge is 0.465 e. The van der Waals surface area contributed by atoms with E-state index < -0.39 is 11.9 Å². The van der Waals surface area contributed by atoms with Gasteiger partial charge in [-0.05, 0) is 31.1 Å². The fourth-order valence-corrected chi connectivity index (χ4v) is 4.28. The van der Waals surface area contributed by atoms with Crippen molar-refractivity contribution in [2.24, 2.45) is 17.8 Å². The Kier molecular flexibility index (Phi) is 3.41. The van der Waals surface area contributed by atoms with E-state index in [4.69, 9.17) is 14.6 Å². The molecule has 0 aromatic heterocycles. The lowest BCUT2D eigenvalue weighted by atomic mass is 9.76. The monoisotopic (exact) mass is 271 g/mol. The zero-order valence-electron chi connectivity index (χ0n) is 10.9. The van der Waals surface area contributed by atoms with Crippen LogP contribution in [-0.4, -0.2) is 48.0 Å². The van der Waals surface area contributed by atoms with Gasteiger partial charge in [-0.15, -0.1) is 0 Å². The Hall–Kier alpha value is -0.850. The molecule has 6 nitrogen and oxygen atoms in total. The normalized spacial score (nSPS) is 40.3. The maximum Gasteiger partial charge on any atom is 0.404 e. The Labute approximate surface area is 112 Å². The van der Waals surface area contributed by atoms with E-state index in [0.717, 1.165) is 25.7 Å². The highest BCUT2D eigenvalue weighted by molar-refractivity contribution is 5.64. The number of hydrogen-bond acceptors (Lipinski definition) is 4. The van der Waals surface area contributed by atoms with Crippen LogP contribution in [-0.2, 0) is 9.47 Å². The number of amides is 1. The van der Waals surface area contributed by atoms with Crippen molar-refractivity contribution >= 4 is 6.09 Å². The van der Waals surface area contributed by atoms with Crippen molar-refractivity contribution in [3.63, 3.8) is 0 Å². The Morgan fingerprint density at radius 3 is 2.68 bits per heavy atom. The van der Waals surface area contributed by atoms with Crippen LogP contribution in [0.4, 0.5) is 4.79 Å². The van der Waals surface area contributed by atoms with E-state index in [-0.39, 0.29) is 18.6 Å². The van der Waals surface area contributed by atoms with E-state index in [1.807, 2.05) is 0 Å². The van der Waals surface area contributed by atoms with Gasteiger partial charge >= 0.3 is 6.09 Å². The molecule has 1 aliphatic heterocycles. The van der Waals surface area contributed by atoms with Crippen LogP contribution in [0.25, 0.3) is 0 Å². The average molecular weight is 271 g/mol. The highest BCUT2D eigenvalue weighted by Gasteiger charge is 2.57. The zero-order chi connectivity index (χ0) is 13.5. The molecule has 0 aromatic carbocycles. The summed E-state index contributed by atoms with van der Waals surface area (Å²) in [6.07, 6.45) is 2.40. The number of carbonyl (C=O) groups is 1. The predicted octanol–water partition coefficient (Wildman–Crippen LogP) is 0.794. The van der Waals surface area contributed by atoms with Crippen LogP contribution in [0, 0.1) is 17.8 Å². The van der Waals surface area contributed by atoms with E-state index in [0.29, 0.717) is 25.0 Å². The Morgan fingerprint density at radius 2 is 2.05 bits per heavy atom. The van der Waals surface area contributed by atoms with Gasteiger partial charge in [0.2, 0.25) is 0 Å². The highest BCUT2D eigenvalue weighted by Crippen LogP contribution is 2.54. The molecule has 108 valence electrons. The van der Waals surface area contributed by atoms with Gasteiger partial charge in [-0.3, -0.25) is 0 Å². The quantitative estimate of drug-likeness (QED) is 0.691. The van der Waals surface area contributed by atoms with Gasteiger partial charge in [0.1, 0.15) is 0 Å². The molecule has 1 saturated heterocycles. The molecule has 2 saturated carbocycles. The molecule has 3 aliphatic rings. The lowest BCUT2D eigenvalue weighted by Gasteiger charge is -2.34. The first-order valence-electron chi connectivity index (χ1n) is 7.03. The molecule has 0 bridgehead atoms. The van der Waals surface area contributed by atoms with Gasteiger partial charge in [-0.25, -0.2) is 4.79 Å². The van der Waals surface area contributed by atoms with E-state index >= 15 is 0 Å². The van der Waals surface area contributed by atoms with Crippen LogP contribution in [0.5, 0.6) is 0 Å². The number of carboxylic acid groups (broad SMARTS) is 1. The molecule has 0 radical (unpaired) electrons. The Balaban J connectivity index is 1.71. The summed E-state index contributed by atoms with van der Waals surface area (Å²) in [6, 6.07) is 0.0228. The molecular weight excluding hydrogens is 250 g/mol. The van der Waals surface area contributed by atoms with Gasteiger partial charge in [0.05, 0.1) is 19.8 Å². The summed E-state index contributed by atoms with van der Waals surface area (Å²) in [6.45, 7) is 1.26. The van der Waals surface area contributed by atoms with Crippen LogP contribution in [0.15, 0.2) is 0 Å². The average Bonchev–Trinajstić information content (AvgIpc) is 2.93. The van der Waals surface area contributed by atoms with Crippen LogP contribution in [0.1, 0.15) is 25.7 Å². The molecule has 19 heavy (non-hydrogen) atoms. The summed E-state index contributed by atoms with van der Waals surface area (Å²) in [5, 5.41) is 21.1. The molecule has 1 heterocycles. The standard InChI is InChI=1S/C13H21NO5/c15-7-11-10-2-1-9(14-12(16)17)5-8(10)6-13(11)18-3-4-19-13/h8-11,14-15H,1-7H2,(H,16,17)/t8-,9?,10-,11+/m1/s1. The molecule has 1 spiro atoms. The van der Waals surface area contributed by atoms with E-state index in [9.17, 15) is 9.90 Å². The number of aliphatic hydroxyl groups is 1. The van der Waals surface area contributed by atoms with Crippen molar-refractivity contribution in [3.8, 4) is 0 Å². The van der Waals surface area contributed by atoms with Gasteiger partial charge in [-0.1, -0.05) is 0 Å². The maximum atomic E-state index is 10.7. The van der Waals surface area contributed by atoms with Crippen molar-refractivity contribution in [1.82, 2.24) is 5.32 Å². The first-order valence-corrected chi connectivity index (χ1v) is 7.03. The first kappa shape index (κ1) is 13.1. The Bertz CT molecular complexity index is 355. The molecule has 6 heteroatoms. The van der Waals surface area contributed by atoms with Gasteiger partial charge in [0, 0.05) is 18.4 Å². The molecule has 4 atom stereocenters. The van der Waals surface area contributed by atoms with Gasteiger partial charge in [0.15, 0.2) is 5.79 Å². The number of hydrogen-bond donors (Lipinski definition) is 3. The zero-order valence-corrected chi connectivity index (χ0v) is 10.9. The second-order valence-electron chi connectivity index (χ2n) is 5.89. The number of fused-ring (bicyclic) bond motifs is 1. The topological polar surface area (TPSA) is 88.0 Å². The Morgan fingerprint density at radius 1 is 1.32 bits per heavy atom. The molecule has 3 rings (SSSR count). The van der Waals surface area contributed by atoms with Crippen LogP contribution in [0.3, 0.4) is 0 Å². The van der Waals surface area contributed by atoms with Crippen LogP contribution >= 0.6 is 0 Å². The predicted molar refractivity (Wildman–Crippen MR) is 65.6 cm³/mol. The number of nitrogens with one attached hydrogen (secondary N) is 1. The fraction of sp³-hybridized carbons (Fsp3) is 0.923. The van der Waals surface area contributed by atoms with Crippen molar-refractivity contribution < 1.29 is 24.5 Å². The summed E-state index contributed by atoms with van der Waals surface area (Å²) < 4.78 is 11.6. The van der Waals surface area contributed by atoms with Crippen LogP contribution < -0.4 is 5.32 Å². The third-order valence-corrected chi connectivity index (χ3v) is 4.97. The summed E-state index contributed by atoms with van der Waals surface area (Å²) in [5.74, 6) is 0.184. The van der Waals surface area contributed by atoms with E-state index in [1.165, 1.54) is 0 Å². The molecule has 1 amide bonds. The third-order valence-electron chi connectivity index (χ3n) is 4.97. The highest BCUT2D eigenvalue weighted by atomic mass is 16.7. The summed E-state index contributed by atoms with van der Waals surface area (Å²) >= 11 is 0. The van der Waals surface area contributed by atoms with Crippen molar-refractivity contribution in [1.29, 1.82) is 0 Å². The number of rotatable bonds is 2. The second kappa shape index (κ2) is 4.92. The third kappa shape index (κ3) is 2.22. The number of ether oxygens (including phenoxy) is 2. The summed E-state index contributed by atoms with van der Waals surface area (Å²) in [7, 11) is 0.